The number of unbranched alkanes of at least 4 members (excludes halogenated alkanes) is 2. The smallest absolute Gasteiger partial charge is 0.129 e. The first kappa shape index (κ1) is 14.5. The van der Waals surface area contributed by atoms with E-state index in [2.05, 4.69) is 58.7 Å². The van der Waals surface area contributed by atoms with Crippen molar-refractivity contribution in [2.24, 2.45) is 0 Å². The molecule has 0 spiro atoms. The minimum Gasteiger partial charge on any atom is -0.354 e. The molecule has 0 aliphatic rings. The molecule has 0 bridgehead atoms. The van der Waals surface area contributed by atoms with Crippen LogP contribution in [0.5, 0.6) is 0 Å². The van der Waals surface area contributed by atoms with Gasteiger partial charge in [0.05, 0.1) is 5.69 Å². The first-order valence-electron chi connectivity index (χ1n) is 6.46. The molecule has 2 nitrogen and oxygen atoms in total. The Balaban J connectivity index is 2.78. The zero-order valence-electron chi connectivity index (χ0n) is 11.3. The van der Waals surface area contributed by atoms with Gasteiger partial charge >= 0.3 is 0 Å². The summed E-state index contributed by atoms with van der Waals surface area (Å²) in [5, 5.41) is 0. The third kappa shape index (κ3) is 4.30. The standard InChI is InChI=1S/C14H23BrN2/c1-5-6-7-10-17(11(2)3)14-9-8-13(15)12(4)16-14/h8-9,11H,5-7,10H2,1-4H3. The molecule has 0 radical (unpaired) electrons. The van der Waals surface area contributed by atoms with Crippen LogP contribution in [0.4, 0.5) is 5.82 Å². The van der Waals surface area contributed by atoms with Gasteiger partial charge in [0, 0.05) is 17.1 Å². The summed E-state index contributed by atoms with van der Waals surface area (Å²) in [6.07, 6.45) is 3.79. The topological polar surface area (TPSA) is 16.1 Å². The monoisotopic (exact) mass is 298 g/mol. The molecule has 0 amide bonds. The first-order chi connectivity index (χ1) is 8.06. The van der Waals surface area contributed by atoms with Gasteiger partial charge in [0.1, 0.15) is 5.82 Å². The maximum Gasteiger partial charge on any atom is 0.129 e. The molecule has 96 valence electrons. The minimum atomic E-state index is 0.500. The molecule has 3 heteroatoms. The van der Waals surface area contributed by atoms with E-state index >= 15 is 0 Å². The number of anilines is 1. The summed E-state index contributed by atoms with van der Waals surface area (Å²) in [4.78, 5) is 7.04. The van der Waals surface area contributed by atoms with Crippen LogP contribution in [0, 0.1) is 6.92 Å². The molecule has 0 aromatic carbocycles. The fourth-order valence-electron chi connectivity index (χ4n) is 1.86. The minimum absolute atomic E-state index is 0.500. The summed E-state index contributed by atoms with van der Waals surface area (Å²) in [6, 6.07) is 4.69. The van der Waals surface area contributed by atoms with Gasteiger partial charge < -0.3 is 4.90 Å². The molecular formula is C14H23BrN2. The van der Waals surface area contributed by atoms with E-state index in [-0.39, 0.29) is 0 Å². The van der Waals surface area contributed by atoms with E-state index in [1.807, 2.05) is 6.92 Å². The Morgan fingerprint density at radius 2 is 2.00 bits per heavy atom. The number of pyridine rings is 1. The molecule has 1 rings (SSSR count). The molecule has 17 heavy (non-hydrogen) atoms. The molecular weight excluding hydrogens is 276 g/mol. The van der Waals surface area contributed by atoms with Crippen LogP contribution in [-0.4, -0.2) is 17.6 Å². The third-order valence-electron chi connectivity index (χ3n) is 2.93. The Morgan fingerprint density at radius 3 is 2.53 bits per heavy atom. The highest BCUT2D eigenvalue weighted by Crippen LogP contribution is 2.21. The summed E-state index contributed by atoms with van der Waals surface area (Å²) < 4.78 is 1.08. The van der Waals surface area contributed by atoms with Crippen LogP contribution in [0.1, 0.15) is 45.7 Å². The van der Waals surface area contributed by atoms with Crippen LogP contribution >= 0.6 is 15.9 Å². The molecule has 0 aliphatic heterocycles. The van der Waals surface area contributed by atoms with Gasteiger partial charge in [-0.15, -0.1) is 0 Å². The maximum atomic E-state index is 4.65. The summed E-state index contributed by atoms with van der Waals surface area (Å²) in [5.41, 5.74) is 1.06. The summed E-state index contributed by atoms with van der Waals surface area (Å²) in [7, 11) is 0. The average Bonchev–Trinajstić information content (AvgIpc) is 2.28. The Labute approximate surface area is 114 Å². The van der Waals surface area contributed by atoms with Gasteiger partial charge in [-0.3, -0.25) is 0 Å². The quantitative estimate of drug-likeness (QED) is 0.716. The highest BCUT2D eigenvalue weighted by atomic mass is 79.9. The Bertz CT molecular complexity index is 350. The lowest BCUT2D eigenvalue weighted by molar-refractivity contribution is 0.619. The summed E-state index contributed by atoms with van der Waals surface area (Å²) >= 11 is 3.50. The molecule has 0 aliphatic carbocycles. The van der Waals surface area contributed by atoms with Gasteiger partial charge in [0.2, 0.25) is 0 Å². The lowest BCUT2D eigenvalue weighted by Crippen LogP contribution is -2.32. The molecule has 0 atom stereocenters. The number of hydrogen-bond donors (Lipinski definition) is 0. The fraction of sp³-hybridized carbons (Fsp3) is 0.643. The molecule has 1 heterocycles. The second-order valence-electron chi connectivity index (χ2n) is 4.73. The predicted molar refractivity (Wildman–Crippen MR) is 78.7 cm³/mol. The molecule has 0 fully saturated rings. The van der Waals surface area contributed by atoms with Gasteiger partial charge in [0.25, 0.3) is 0 Å². The van der Waals surface area contributed by atoms with Crippen molar-refractivity contribution in [1.82, 2.24) is 4.98 Å². The largest absolute Gasteiger partial charge is 0.354 e. The molecule has 0 unspecified atom stereocenters. The van der Waals surface area contributed by atoms with E-state index in [1.54, 1.807) is 0 Å². The lowest BCUT2D eigenvalue weighted by atomic mass is 10.2. The van der Waals surface area contributed by atoms with E-state index in [9.17, 15) is 0 Å². The van der Waals surface area contributed by atoms with Gasteiger partial charge in [-0.05, 0) is 55.3 Å². The number of halogens is 1. The highest BCUT2D eigenvalue weighted by molar-refractivity contribution is 9.10. The Kier molecular flexibility index (Phi) is 5.96. The van der Waals surface area contributed by atoms with Crippen molar-refractivity contribution in [3.8, 4) is 0 Å². The molecule has 1 aromatic rings. The number of aromatic nitrogens is 1. The Hall–Kier alpha value is -0.570. The second-order valence-corrected chi connectivity index (χ2v) is 5.59. The fourth-order valence-corrected chi connectivity index (χ4v) is 2.08. The van der Waals surface area contributed by atoms with Crippen molar-refractivity contribution in [1.29, 1.82) is 0 Å². The normalized spacial score (nSPS) is 10.9. The number of hydrogen-bond acceptors (Lipinski definition) is 2. The second kappa shape index (κ2) is 7.00. The maximum absolute atomic E-state index is 4.65. The van der Waals surface area contributed by atoms with E-state index in [0.717, 1.165) is 22.5 Å². The van der Waals surface area contributed by atoms with E-state index < -0.39 is 0 Å². The lowest BCUT2D eigenvalue weighted by Gasteiger charge is -2.28. The van der Waals surface area contributed by atoms with Gasteiger partial charge in [-0.25, -0.2) is 4.98 Å². The summed E-state index contributed by atoms with van der Waals surface area (Å²) in [6.45, 7) is 9.83. The van der Waals surface area contributed by atoms with Crippen molar-refractivity contribution in [2.75, 3.05) is 11.4 Å². The van der Waals surface area contributed by atoms with Crippen LogP contribution in [0.2, 0.25) is 0 Å². The van der Waals surface area contributed by atoms with Gasteiger partial charge in [-0.1, -0.05) is 19.8 Å². The number of aryl methyl sites for hydroxylation is 1. The van der Waals surface area contributed by atoms with Crippen LogP contribution in [0.15, 0.2) is 16.6 Å². The zero-order valence-corrected chi connectivity index (χ0v) is 12.9. The average molecular weight is 299 g/mol. The summed E-state index contributed by atoms with van der Waals surface area (Å²) in [5.74, 6) is 1.09. The molecule has 0 saturated carbocycles. The van der Waals surface area contributed by atoms with Crippen LogP contribution in [-0.2, 0) is 0 Å². The van der Waals surface area contributed by atoms with Crippen LogP contribution < -0.4 is 4.90 Å². The van der Waals surface area contributed by atoms with Crippen molar-refractivity contribution in [3.05, 3.63) is 22.3 Å². The highest BCUT2D eigenvalue weighted by Gasteiger charge is 2.12. The van der Waals surface area contributed by atoms with Crippen molar-refractivity contribution in [3.63, 3.8) is 0 Å². The van der Waals surface area contributed by atoms with E-state index in [4.69, 9.17) is 0 Å². The van der Waals surface area contributed by atoms with Gasteiger partial charge in [-0.2, -0.15) is 0 Å². The van der Waals surface area contributed by atoms with E-state index in [0.29, 0.717) is 6.04 Å². The first-order valence-corrected chi connectivity index (χ1v) is 7.25. The SMILES string of the molecule is CCCCCN(c1ccc(Br)c(C)n1)C(C)C. The molecule has 0 N–H and O–H groups in total. The van der Waals surface area contributed by atoms with Crippen molar-refractivity contribution < 1.29 is 0 Å². The van der Waals surface area contributed by atoms with Crippen LogP contribution in [0.3, 0.4) is 0 Å². The number of rotatable bonds is 6. The third-order valence-corrected chi connectivity index (χ3v) is 3.76. The zero-order chi connectivity index (χ0) is 12.8. The van der Waals surface area contributed by atoms with E-state index in [1.165, 1.54) is 19.3 Å². The van der Waals surface area contributed by atoms with Crippen molar-refractivity contribution >= 4 is 21.7 Å². The molecule has 1 aromatic heterocycles. The molecule has 0 saturated heterocycles. The van der Waals surface area contributed by atoms with Gasteiger partial charge in [0.15, 0.2) is 0 Å². The predicted octanol–water partition coefficient (Wildman–Crippen LogP) is 4.56. The van der Waals surface area contributed by atoms with Crippen LogP contribution in [0.25, 0.3) is 0 Å². The number of nitrogens with zero attached hydrogens (tertiary/aromatic N) is 2. The van der Waals surface area contributed by atoms with Crippen molar-refractivity contribution in [2.45, 2.75) is 53.0 Å². The Morgan fingerprint density at radius 1 is 1.29 bits per heavy atom.